The number of hydrogen-bond acceptors (Lipinski definition) is 7. The second-order valence-corrected chi connectivity index (χ2v) is 10.2. The second-order valence-electron chi connectivity index (χ2n) is 7.59. The Kier molecular flexibility index (Phi) is 7.56. The van der Waals surface area contributed by atoms with Gasteiger partial charge in [-0.25, -0.2) is 17.7 Å². The lowest BCUT2D eigenvalue weighted by molar-refractivity contribution is -0.141. The molecule has 0 aliphatic carbocycles. The number of rotatable bonds is 8. The molecule has 8 nitrogen and oxygen atoms in total. The Morgan fingerprint density at radius 2 is 1.82 bits per heavy atom. The van der Waals surface area contributed by atoms with Crippen LogP contribution in [0.2, 0.25) is 0 Å². The maximum Gasteiger partial charge on any atom is 0.433 e. The largest absolute Gasteiger partial charge is 0.433 e. The predicted molar refractivity (Wildman–Crippen MR) is 121 cm³/mol. The number of anilines is 1. The molecule has 0 saturated carbocycles. The van der Waals surface area contributed by atoms with Gasteiger partial charge in [-0.15, -0.1) is 10.2 Å². The molecular formula is C21H22F3N5O3S2. The highest BCUT2D eigenvalue weighted by Gasteiger charge is 2.33. The Labute approximate surface area is 198 Å². The van der Waals surface area contributed by atoms with Crippen molar-refractivity contribution in [2.24, 2.45) is 0 Å². The Morgan fingerprint density at radius 3 is 2.35 bits per heavy atom. The van der Waals surface area contributed by atoms with Crippen LogP contribution in [0.3, 0.4) is 0 Å². The Hall–Kier alpha value is -3.06. The first-order valence-electron chi connectivity index (χ1n) is 10.1. The monoisotopic (exact) mass is 513 g/mol. The van der Waals surface area contributed by atoms with Crippen LogP contribution in [0.5, 0.6) is 0 Å². The van der Waals surface area contributed by atoms with E-state index in [4.69, 9.17) is 0 Å². The van der Waals surface area contributed by atoms with Crippen molar-refractivity contribution in [2.75, 3.05) is 10.8 Å². The molecule has 0 spiro atoms. The minimum atomic E-state index is -4.58. The van der Waals surface area contributed by atoms with Crippen molar-refractivity contribution in [1.82, 2.24) is 20.5 Å². The first-order valence-corrected chi connectivity index (χ1v) is 12.5. The molecule has 3 aromatic rings. The molecule has 1 amide bonds. The van der Waals surface area contributed by atoms with E-state index in [1.807, 2.05) is 0 Å². The number of aryl methyl sites for hydroxylation is 1. The Bertz CT molecular complexity index is 1250. The summed E-state index contributed by atoms with van der Waals surface area (Å²) in [4.78, 5) is 15.9. The van der Waals surface area contributed by atoms with Crippen molar-refractivity contribution in [3.8, 4) is 0 Å². The number of pyridine rings is 1. The van der Waals surface area contributed by atoms with Crippen molar-refractivity contribution in [3.05, 3.63) is 64.4 Å². The van der Waals surface area contributed by atoms with Crippen molar-refractivity contribution in [1.29, 1.82) is 0 Å². The fraction of sp³-hybridized carbons (Fsp3) is 0.333. The molecule has 1 aromatic carbocycles. The number of benzene rings is 1. The van der Waals surface area contributed by atoms with Crippen LogP contribution in [0.4, 0.5) is 18.3 Å². The number of carbonyl (C=O) groups is 1. The van der Waals surface area contributed by atoms with E-state index in [1.54, 1.807) is 26.0 Å². The van der Waals surface area contributed by atoms with Gasteiger partial charge in [0.25, 0.3) is 15.9 Å². The lowest BCUT2D eigenvalue weighted by Gasteiger charge is -2.25. The van der Waals surface area contributed by atoms with E-state index in [2.05, 4.69) is 20.5 Å². The molecule has 34 heavy (non-hydrogen) atoms. The summed E-state index contributed by atoms with van der Waals surface area (Å²) < 4.78 is 65.6. The van der Waals surface area contributed by atoms with Gasteiger partial charge in [-0.2, -0.15) is 13.2 Å². The summed E-state index contributed by atoms with van der Waals surface area (Å²) in [5.41, 5.74) is 1.21. The van der Waals surface area contributed by atoms with Gasteiger partial charge in [0.2, 0.25) is 5.13 Å². The van der Waals surface area contributed by atoms with Crippen molar-refractivity contribution >= 4 is 32.4 Å². The molecule has 3 rings (SSSR count). The zero-order valence-electron chi connectivity index (χ0n) is 18.5. The van der Waals surface area contributed by atoms with E-state index in [9.17, 15) is 26.4 Å². The second kappa shape index (κ2) is 10.1. The van der Waals surface area contributed by atoms with Crippen LogP contribution in [-0.4, -0.2) is 42.1 Å². The number of halogens is 3. The van der Waals surface area contributed by atoms with Crippen LogP contribution >= 0.6 is 11.3 Å². The Morgan fingerprint density at radius 1 is 1.15 bits per heavy atom. The van der Waals surface area contributed by atoms with Gasteiger partial charge >= 0.3 is 6.18 Å². The van der Waals surface area contributed by atoms with Crippen LogP contribution in [-0.2, 0) is 22.6 Å². The van der Waals surface area contributed by atoms with Gasteiger partial charge in [-0.1, -0.05) is 23.5 Å². The molecule has 0 aliphatic rings. The minimum absolute atomic E-state index is 0.0213. The van der Waals surface area contributed by atoms with Gasteiger partial charge in [0.15, 0.2) is 0 Å². The number of alkyl halides is 3. The van der Waals surface area contributed by atoms with E-state index >= 15 is 0 Å². The van der Waals surface area contributed by atoms with Gasteiger partial charge in [0.05, 0.1) is 16.2 Å². The lowest BCUT2D eigenvalue weighted by Crippen LogP contribution is -2.37. The normalized spacial score (nSPS) is 12.1. The van der Waals surface area contributed by atoms with Crippen molar-refractivity contribution in [3.63, 3.8) is 0 Å². The van der Waals surface area contributed by atoms with Crippen LogP contribution in [0.15, 0.2) is 46.8 Å². The number of amides is 1. The molecule has 0 aliphatic heterocycles. The van der Waals surface area contributed by atoms with Gasteiger partial charge in [0.1, 0.15) is 11.2 Å². The fourth-order valence-corrected chi connectivity index (χ4v) is 5.71. The zero-order chi connectivity index (χ0) is 25.1. The summed E-state index contributed by atoms with van der Waals surface area (Å²) in [6.07, 6.45) is -4.19. The molecule has 0 fully saturated rings. The molecule has 0 unspecified atom stereocenters. The maximum absolute atomic E-state index is 13.1. The van der Waals surface area contributed by atoms with Gasteiger partial charge < -0.3 is 5.32 Å². The first kappa shape index (κ1) is 25.6. The smallest absolute Gasteiger partial charge is 0.352 e. The van der Waals surface area contributed by atoms with Crippen LogP contribution in [0, 0.1) is 6.92 Å². The number of hydrogen-bond donors (Lipinski definition) is 1. The highest BCUT2D eigenvalue weighted by molar-refractivity contribution is 7.93. The average Bonchev–Trinajstić information content (AvgIpc) is 3.26. The highest BCUT2D eigenvalue weighted by Crippen LogP contribution is 2.28. The van der Waals surface area contributed by atoms with Crippen molar-refractivity contribution < 1.29 is 26.4 Å². The third-order valence-corrected chi connectivity index (χ3v) is 7.59. The lowest BCUT2D eigenvalue weighted by atomic mass is 10.1. The quantitative estimate of drug-likeness (QED) is 0.491. The number of carbonyl (C=O) groups excluding carboxylic acids is 1. The number of nitrogens with zero attached hydrogens (tertiary/aromatic N) is 4. The van der Waals surface area contributed by atoms with Gasteiger partial charge in [0, 0.05) is 12.6 Å². The fourth-order valence-electron chi connectivity index (χ4n) is 3.18. The summed E-state index contributed by atoms with van der Waals surface area (Å²) in [6, 6.07) is 7.74. The van der Waals surface area contributed by atoms with E-state index in [0.717, 1.165) is 29.0 Å². The molecule has 2 heterocycles. The first-order chi connectivity index (χ1) is 15.9. The third kappa shape index (κ3) is 5.70. The summed E-state index contributed by atoms with van der Waals surface area (Å²) >= 11 is 1.12. The minimum Gasteiger partial charge on any atom is -0.352 e. The van der Waals surface area contributed by atoms with Gasteiger partial charge in [-0.05, 0) is 57.0 Å². The number of aromatic nitrogens is 3. The molecule has 182 valence electrons. The number of sulfonamides is 1. The molecule has 1 N–H and O–H groups in total. The molecular weight excluding hydrogens is 491 g/mol. The topological polar surface area (TPSA) is 105 Å². The third-order valence-electron chi connectivity index (χ3n) is 4.81. The highest BCUT2D eigenvalue weighted by atomic mass is 32.2. The molecule has 0 atom stereocenters. The molecule has 2 aromatic heterocycles. The summed E-state index contributed by atoms with van der Waals surface area (Å²) in [7, 11) is -3.84. The summed E-state index contributed by atoms with van der Waals surface area (Å²) in [5.74, 6) is -0.539. The standard InChI is InChI=1S/C21H22F3N5O3S2/c1-13(2)29(20-28-26-12-33-20)34(31,32)16-6-4-15(5-7-16)10-11-25-19(30)17-8-9-18(21(22,23)24)27-14(17)3/h4-9,12-13H,10-11H2,1-3H3,(H,25,30). The van der Waals surface area contributed by atoms with Crippen LogP contribution < -0.4 is 9.62 Å². The van der Waals surface area contributed by atoms with Gasteiger partial charge in [-0.3, -0.25) is 4.79 Å². The van der Waals surface area contributed by atoms with Crippen LogP contribution in [0.25, 0.3) is 0 Å². The average molecular weight is 514 g/mol. The van der Waals surface area contributed by atoms with Crippen LogP contribution in [0.1, 0.15) is 41.2 Å². The summed E-state index contributed by atoms with van der Waals surface area (Å²) in [6.45, 7) is 5.02. The van der Waals surface area contributed by atoms with Crippen molar-refractivity contribution in [2.45, 2.75) is 44.3 Å². The summed E-state index contributed by atoms with van der Waals surface area (Å²) in [5, 5.41) is 10.5. The maximum atomic E-state index is 13.1. The van der Waals surface area contributed by atoms with E-state index in [0.29, 0.717) is 6.42 Å². The van der Waals surface area contributed by atoms with E-state index < -0.39 is 27.8 Å². The zero-order valence-corrected chi connectivity index (χ0v) is 20.1. The van der Waals surface area contributed by atoms with E-state index in [-0.39, 0.29) is 33.9 Å². The molecule has 13 heteroatoms. The molecule has 0 saturated heterocycles. The molecule has 0 radical (unpaired) electrons. The van der Waals surface area contributed by atoms with E-state index in [1.165, 1.54) is 28.9 Å². The SMILES string of the molecule is Cc1nc(C(F)(F)F)ccc1C(=O)NCCc1ccc(S(=O)(=O)N(c2nncs2)C(C)C)cc1. The predicted octanol–water partition coefficient (Wildman–Crippen LogP) is 3.84. The number of nitrogens with one attached hydrogen (secondary N) is 1. The Balaban J connectivity index is 1.64. The molecule has 0 bridgehead atoms.